The van der Waals surface area contributed by atoms with Crippen LogP contribution in [0.3, 0.4) is 0 Å². The second kappa shape index (κ2) is 16.2. The van der Waals surface area contributed by atoms with Crippen molar-refractivity contribution < 1.29 is 23.4 Å². The average Bonchev–Trinajstić information content (AvgIpc) is 3.39. The largest absolute Gasteiger partial charge is 0.508 e. The van der Waals surface area contributed by atoms with E-state index in [1.807, 2.05) is 0 Å². The molecule has 0 unspecified atom stereocenters. The molecule has 2 aromatic rings. The van der Waals surface area contributed by atoms with Crippen LogP contribution in [0.1, 0.15) is 54.4 Å². The maximum atomic E-state index is 10.7. The van der Waals surface area contributed by atoms with Gasteiger partial charge in [-0.15, -0.1) is 0 Å². The number of hydrogen-bond donors (Lipinski definition) is 8. The van der Waals surface area contributed by atoms with Gasteiger partial charge in [-0.2, -0.15) is 0 Å². The van der Waals surface area contributed by atoms with E-state index in [0.717, 1.165) is 50.3 Å². The minimum absolute atomic E-state index is 0.130. The molecule has 13 N–H and O–H groups in total. The summed E-state index contributed by atoms with van der Waals surface area (Å²) in [7, 11) is -3.17. The molecule has 2 fully saturated rings. The number of carbonyl (C=O) groups excluding carboxylic acids is 1. The third kappa shape index (κ3) is 15.9. The van der Waals surface area contributed by atoms with Gasteiger partial charge in [0.2, 0.25) is 15.9 Å². The number of rotatable bonds is 4. The van der Waals surface area contributed by atoms with E-state index in [1.165, 1.54) is 36.4 Å². The summed E-state index contributed by atoms with van der Waals surface area (Å²) in [6.07, 6.45) is 7.65. The van der Waals surface area contributed by atoms with Crippen LogP contribution in [0.2, 0.25) is 0 Å². The van der Waals surface area contributed by atoms with Crippen molar-refractivity contribution in [1.82, 2.24) is 4.72 Å². The molecule has 0 saturated heterocycles. The van der Waals surface area contributed by atoms with E-state index >= 15 is 0 Å². The van der Waals surface area contributed by atoms with Crippen LogP contribution in [0.25, 0.3) is 0 Å². The van der Waals surface area contributed by atoms with Crippen LogP contribution in [-0.2, 0) is 16.6 Å². The second-order valence-electron chi connectivity index (χ2n) is 9.34. The molecule has 11 nitrogen and oxygen atoms in total. The molecule has 4 rings (SSSR count). The zero-order valence-electron chi connectivity index (χ0n) is 21.3. The predicted molar refractivity (Wildman–Crippen MR) is 146 cm³/mol. The molecule has 0 heterocycles. The van der Waals surface area contributed by atoms with Crippen molar-refractivity contribution in [3.8, 4) is 11.5 Å². The number of carbonyl (C=O) groups is 1. The van der Waals surface area contributed by atoms with Crippen LogP contribution >= 0.6 is 0 Å². The highest BCUT2D eigenvalue weighted by Gasteiger charge is 2.17. The molecule has 2 aromatic carbocycles. The highest BCUT2D eigenvalue weighted by molar-refractivity contribution is 7.88. The maximum absolute atomic E-state index is 10.7. The fraction of sp³-hybridized carbons (Fsp3) is 0.480. The van der Waals surface area contributed by atoms with Gasteiger partial charge in [0.15, 0.2) is 0 Å². The molecular formula is C25H42N6O5S. The fourth-order valence-electron chi connectivity index (χ4n) is 3.61. The van der Waals surface area contributed by atoms with Gasteiger partial charge in [0.25, 0.3) is 0 Å². The van der Waals surface area contributed by atoms with E-state index < -0.39 is 15.9 Å². The number of benzene rings is 2. The van der Waals surface area contributed by atoms with Crippen molar-refractivity contribution in [1.29, 1.82) is 0 Å². The summed E-state index contributed by atoms with van der Waals surface area (Å²) in [6.45, 7) is 0.202. The predicted octanol–water partition coefficient (Wildman–Crippen LogP) is 0.582. The Bertz CT molecular complexity index is 1020. The summed E-state index contributed by atoms with van der Waals surface area (Å²) in [5.41, 5.74) is 28.3. The van der Waals surface area contributed by atoms with Gasteiger partial charge in [0.1, 0.15) is 11.5 Å². The van der Waals surface area contributed by atoms with E-state index in [4.69, 9.17) is 38.9 Å². The lowest BCUT2D eigenvalue weighted by Crippen LogP contribution is -2.21. The van der Waals surface area contributed by atoms with Gasteiger partial charge < -0.3 is 38.9 Å². The molecule has 4 atom stereocenters. The van der Waals surface area contributed by atoms with E-state index in [2.05, 4.69) is 4.72 Å². The number of nitrogens with two attached hydrogens (primary N) is 5. The van der Waals surface area contributed by atoms with Crippen LogP contribution in [0.15, 0.2) is 48.5 Å². The standard InChI is InChI=1S/C8H11NO3S.C7H7NO2.2C5H12N2/c1-13(11,12)9-6-7-3-2-4-8(10)5-7;8-7(10)5-1-3-6(9)4-2-5;2*6-4-1-2-5(7)3-4/h2-5,9-10H,6H2,1H3;1-4,9H,(H2,8,10);2*4-5H,1-3,6-7H2/t;;2*4-,5+. The van der Waals surface area contributed by atoms with Crippen LogP contribution in [0, 0.1) is 0 Å². The van der Waals surface area contributed by atoms with Gasteiger partial charge in [-0.25, -0.2) is 13.1 Å². The lowest BCUT2D eigenvalue weighted by molar-refractivity contribution is 0.1000. The Morgan fingerprint density at radius 1 is 0.838 bits per heavy atom. The quantitative estimate of drug-likeness (QED) is 0.271. The molecule has 1 amide bonds. The van der Waals surface area contributed by atoms with Crippen molar-refractivity contribution in [3.05, 3.63) is 59.7 Å². The summed E-state index contributed by atoms with van der Waals surface area (Å²) in [5.74, 6) is -0.224. The first kappa shape index (κ1) is 32.3. The zero-order valence-corrected chi connectivity index (χ0v) is 22.1. The Morgan fingerprint density at radius 2 is 1.30 bits per heavy atom. The van der Waals surface area contributed by atoms with Crippen molar-refractivity contribution in [3.63, 3.8) is 0 Å². The summed E-state index contributed by atoms with van der Waals surface area (Å²) < 4.78 is 23.8. The first-order valence-corrected chi connectivity index (χ1v) is 14.0. The number of amides is 1. The lowest BCUT2D eigenvalue weighted by atomic mass is 10.2. The molecule has 2 aliphatic rings. The molecule has 2 saturated carbocycles. The van der Waals surface area contributed by atoms with Crippen LogP contribution < -0.4 is 33.4 Å². The molecule has 0 radical (unpaired) electrons. The van der Waals surface area contributed by atoms with Gasteiger partial charge in [0.05, 0.1) is 6.26 Å². The summed E-state index contributed by atoms with van der Waals surface area (Å²) in [6, 6.07) is 13.8. The molecule has 12 heteroatoms. The molecule has 0 aromatic heterocycles. The van der Waals surface area contributed by atoms with Crippen LogP contribution in [-0.4, -0.2) is 55.0 Å². The van der Waals surface area contributed by atoms with E-state index in [9.17, 15) is 13.2 Å². The van der Waals surface area contributed by atoms with Crippen LogP contribution in [0.5, 0.6) is 11.5 Å². The number of primary amides is 1. The number of aromatic hydroxyl groups is 2. The maximum Gasteiger partial charge on any atom is 0.248 e. The second-order valence-corrected chi connectivity index (χ2v) is 11.2. The van der Waals surface area contributed by atoms with Crippen molar-refractivity contribution in [2.24, 2.45) is 28.7 Å². The SMILES string of the molecule is CS(=O)(=O)NCc1cccc(O)c1.NC(=O)c1ccc(O)cc1.N[C@@H]1CC[C@H](N)C1.N[C@@H]1CC[C@H](N)C1. The Labute approximate surface area is 219 Å². The van der Waals surface area contributed by atoms with Crippen LogP contribution in [0.4, 0.5) is 0 Å². The molecule has 0 aliphatic heterocycles. The Kier molecular flexibility index (Phi) is 14.1. The molecule has 0 spiro atoms. The third-order valence-corrected chi connectivity index (χ3v) is 6.30. The minimum atomic E-state index is -3.17. The highest BCUT2D eigenvalue weighted by atomic mass is 32.2. The Morgan fingerprint density at radius 3 is 1.62 bits per heavy atom. The lowest BCUT2D eigenvalue weighted by Gasteiger charge is -2.02. The highest BCUT2D eigenvalue weighted by Crippen LogP contribution is 2.15. The van der Waals surface area contributed by atoms with Crippen molar-refractivity contribution in [2.45, 2.75) is 69.2 Å². The smallest absolute Gasteiger partial charge is 0.248 e. The number of nitrogens with one attached hydrogen (secondary N) is 1. The van der Waals surface area contributed by atoms with Gasteiger partial charge in [0, 0.05) is 36.3 Å². The first-order chi connectivity index (χ1) is 17.2. The number of phenols is 2. The van der Waals surface area contributed by atoms with E-state index in [-0.39, 0.29) is 18.0 Å². The first-order valence-electron chi connectivity index (χ1n) is 12.1. The summed E-state index contributed by atoms with van der Waals surface area (Å²) >= 11 is 0. The van der Waals surface area contributed by atoms with E-state index in [1.54, 1.807) is 12.1 Å². The molecule has 0 bridgehead atoms. The number of hydrogen-bond acceptors (Lipinski definition) is 9. The Hall–Kier alpha value is -2.74. The summed E-state index contributed by atoms with van der Waals surface area (Å²) in [4.78, 5) is 10.5. The number of sulfonamides is 1. The Balaban J connectivity index is 0.000000255. The van der Waals surface area contributed by atoms with Crippen molar-refractivity contribution >= 4 is 15.9 Å². The van der Waals surface area contributed by atoms with Gasteiger partial charge >= 0.3 is 0 Å². The molecule has 2 aliphatic carbocycles. The topological polar surface area (TPSA) is 234 Å². The van der Waals surface area contributed by atoms with Gasteiger partial charge in [-0.05, 0) is 80.5 Å². The number of phenolic OH excluding ortho intramolecular Hbond substituents is 2. The molecular weight excluding hydrogens is 496 g/mol. The van der Waals surface area contributed by atoms with Gasteiger partial charge in [-0.1, -0.05) is 12.1 Å². The fourth-order valence-corrected chi connectivity index (χ4v) is 4.04. The van der Waals surface area contributed by atoms with Crippen molar-refractivity contribution in [2.75, 3.05) is 6.26 Å². The minimum Gasteiger partial charge on any atom is -0.508 e. The monoisotopic (exact) mass is 538 g/mol. The molecule has 208 valence electrons. The molecule has 37 heavy (non-hydrogen) atoms. The average molecular weight is 539 g/mol. The third-order valence-electron chi connectivity index (χ3n) is 5.63. The normalized spacial score (nSPS) is 22.4. The van der Waals surface area contributed by atoms with E-state index in [0.29, 0.717) is 29.7 Å². The van der Waals surface area contributed by atoms with Gasteiger partial charge in [-0.3, -0.25) is 4.79 Å². The zero-order chi connectivity index (χ0) is 28.0. The summed E-state index contributed by atoms with van der Waals surface area (Å²) in [5, 5.41) is 17.9.